The van der Waals surface area contributed by atoms with Gasteiger partial charge in [-0.05, 0) is 38.3 Å². The van der Waals surface area contributed by atoms with Crippen molar-refractivity contribution in [1.29, 1.82) is 0 Å². The third-order valence-corrected chi connectivity index (χ3v) is 4.68. The second-order valence-electron chi connectivity index (χ2n) is 4.58. The van der Waals surface area contributed by atoms with E-state index in [9.17, 15) is 4.79 Å². The van der Waals surface area contributed by atoms with E-state index in [2.05, 4.69) is 19.9 Å². The SMILES string of the molecule is CCC1(C(=O)c2ccc(C)s2)CCCC1. The third-order valence-electron chi connectivity index (χ3n) is 3.68. The topological polar surface area (TPSA) is 17.1 Å². The first-order valence-electron chi connectivity index (χ1n) is 5.79. The van der Waals surface area contributed by atoms with Crippen LogP contribution in [-0.2, 0) is 0 Å². The van der Waals surface area contributed by atoms with Crippen molar-refractivity contribution < 1.29 is 4.79 Å². The van der Waals surface area contributed by atoms with Crippen LogP contribution in [0.25, 0.3) is 0 Å². The molecular formula is C13H18OS. The quantitative estimate of drug-likeness (QED) is 0.700. The number of ketones is 1. The lowest BCUT2D eigenvalue weighted by Gasteiger charge is -2.24. The van der Waals surface area contributed by atoms with E-state index in [4.69, 9.17) is 0 Å². The van der Waals surface area contributed by atoms with Crippen LogP contribution < -0.4 is 0 Å². The highest BCUT2D eigenvalue weighted by Crippen LogP contribution is 2.44. The second-order valence-corrected chi connectivity index (χ2v) is 5.87. The van der Waals surface area contributed by atoms with Gasteiger partial charge in [0.15, 0.2) is 5.78 Å². The van der Waals surface area contributed by atoms with Crippen molar-refractivity contribution in [2.45, 2.75) is 46.0 Å². The zero-order chi connectivity index (χ0) is 10.9. The maximum Gasteiger partial charge on any atom is 0.178 e. The van der Waals surface area contributed by atoms with Crippen LogP contribution >= 0.6 is 11.3 Å². The van der Waals surface area contributed by atoms with E-state index in [0.717, 1.165) is 24.1 Å². The van der Waals surface area contributed by atoms with Gasteiger partial charge in [0, 0.05) is 10.3 Å². The summed E-state index contributed by atoms with van der Waals surface area (Å²) in [4.78, 5) is 14.6. The number of carbonyl (C=O) groups is 1. The summed E-state index contributed by atoms with van der Waals surface area (Å²) in [7, 11) is 0. The lowest BCUT2D eigenvalue weighted by molar-refractivity contribution is 0.0796. The fraction of sp³-hybridized carbons (Fsp3) is 0.615. The molecular weight excluding hydrogens is 204 g/mol. The minimum atomic E-state index is -0.0166. The highest BCUT2D eigenvalue weighted by Gasteiger charge is 2.39. The summed E-state index contributed by atoms with van der Waals surface area (Å²) in [5.74, 6) is 0.403. The maximum absolute atomic E-state index is 12.4. The summed E-state index contributed by atoms with van der Waals surface area (Å²) in [5, 5.41) is 0. The molecule has 0 bridgehead atoms. The van der Waals surface area contributed by atoms with Gasteiger partial charge in [0.25, 0.3) is 0 Å². The van der Waals surface area contributed by atoms with Gasteiger partial charge < -0.3 is 0 Å². The Labute approximate surface area is 95.5 Å². The van der Waals surface area contributed by atoms with E-state index < -0.39 is 0 Å². The second kappa shape index (κ2) is 4.09. The summed E-state index contributed by atoms with van der Waals surface area (Å²) >= 11 is 1.65. The van der Waals surface area contributed by atoms with Crippen LogP contribution in [0.15, 0.2) is 12.1 Å². The minimum Gasteiger partial charge on any atom is -0.293 e. The highest BCUT2D eigenvalue weighted by molar-refractivity contribution is 7.14. The van der Waals surface area contributed by atoms with Gasteiger partial charge in [-0.3, -0.25) is 4.79 Å². The van der Waals surface area contributed by atoms with Gasteiger partial charge in [0.05, 0.1) is 4.88 Å². The smallest absolute Gasteiger partial charge is 0.178 e. The van der Waals surface area contributed by atoms with Crippen LogP contribution in [0.4, 0.5) is 0 Å². The third kappa shape index (κ3) is 1.87. The molecule has 0 spiro atoms. The summed E-state index contributed by atoms with van der Waals surface area (Å²) < 4.78 is 0. The number of aryl methyl sites for hydroxylation is 1. The first-order valence-corrected chi connectivity index (χ1v) is 6.61. The van der Waals surface area contributed by atoms with Crippen molar-refractivity contribution in [3.05, 3.63) is 21.9 Å². The average molecular weight is 222 g/mol. The molecule has 0 unspecified atom stereocenters. The fourth-order valence-electron chi connectivity index (χ4n) is 2.61. The molecule has 0 radical (unpaired) electrons. The lowest BCUT2D eigenvalue weighted by Crippen LogP contribution is -2.26. The van der Waals surface area contributed by atoms with Crippen molar-refractivity contribution in [2.24, 2.45) is 5.41 Å². The van der Waals surface area contributed by atoms with Crippen LogP contribution in [0.5, 0.6) is 0 Å². The van der Waals surface area contributed by atoms with E-state index >= 15 is 0 Å². The van der Waals surface area contributed by atoms with Gasteiger partial charge in [-0.1, -0.05) is 19.8 Å². The van der Waals surface area contributed by atoms with E-state index in [1.54, 1.807) is 11.3 Å². The van der Waals surface area contributed by atoms with Gasteiger partial charge in [-0.2, -0.15) is 0 Å². The molecule has 0 saturated heterocycles. The molecule has 1 aliphatic rings. The molecule has 0 atom stereocenters. The Hall–Kier alpha value is -0.630. The van der Waals surface area contributed by atoms with Gasteiger partial charge in [-0.25, -0.2) is 0 Å². The van der Waals surface area contributed by atoms with Gasteiger partial charge in [-0.15, -0.1) is 11.3 Å². The summed E-state index contributed by atoms with van der Waals surface area (Å²) in [6.07, 6.45) is 5.65. The molecule has 2 rings (SSSR count). The molecule has 1 aliphatic carbocycles. The molecule has 1 saturated carbocycles. The Bertz CT molecular complexity index is 358. The minimum absolute atomic E-state index is 0.0166. The summed E-state index contributed by atoms with van der Waals surface area (Å²) in [5.41, 5.74) is -0.0166. The predicted octanol–water partition coefficient (Wildman–Crippen LogP) is 4.21. The fourth-order valence-corrected chi connectivity index (χ4v) is 3.54. The number of carbonyl (C=O) groups excluding carboxylic acids is 1. The lowest BCUT2D eigenvalue weighted by atomic mass is 9.78. The first kappa shape index (κ1) is 10.9. The molecule has 0 amide bonds. The van der Waals surface area contributed by atoms with Crippen LogP contribution in [0, 0.1) is 12.3 Å². The van der Waals surface area contributed by atoms with Crippen LogP contribution in [0.2, 0.25) is 0 Å². The molecule has 0 N–H and O–H groups in total. The summed E-state index contributed by atoms with van der Waals surface area (Å²) in [6.45, 7) is 4.22. The molecule has 2 heteroatoms. The number of thiophene rings is 1. The zero-order valence-corrected chi connectivity index (χ0v) is 10.3. The number of hydrogen-bond acceptors (Lipinski definition) is 2. The standard InChI is InChI=1S/C13H18OS/c1-3-13(8-4-5-9-13)12(14)11-7-6-10(2)15-11/h6-7H,3-5,8-9H2,1-2H3. The molecule has 1 aromatic heterocycles. The van der Waals surface area contributed by atoms with Crippen LogP contribution in [-0.4, -0.2) is 5.78 Å². The van der Waals surface area contributed by atoms with E-state index in [-0.39, 0.29) is 5.41 Å². The molecule has 1 nitrogen and oxygen atoms in total. The van der Waals surface area contributed by atoms with Crippen LogP contribution in [0.1, 0.15) is 53.6 Å². The van der Waals surface area contributed by atoms with Crippen molar-refractivity contribution in [3.63, 3.8) is 0 Å². The van der Waals surface area contributed by atoms with Crippen molar-refractivity contribution in [3.8, 4) is 0 Å². The average Bonchev–Trinajstić information content (AvgIpc) is 2.86. The molecule has 82 valence electrons. The Balaban J connectivity index is 2.26. The van der Waals surface area contributed by atoms with Crippen molar-refractivity contribution >= 4 is 17.1 Å². The maximum atomic E-state index is 12.4. The summed E-state index contributed by atoms with van der Waals surface area (Å²) in [6, 6.07) is 4.05. The molecule has 0 aromatic carbocycles. The zero-order valence-electron chi connectivity index (χ0n) is 9.51. The number of rotatable bonds is 3. The molecule has 15 heavy (non-hydrogen) atoms. The van der Waals surface area contributed by atoms with Gasteiger partial charge in [0.2, 0.25) is 0 Å². The Morgan fingerprint density at radius 2 is 2.07 bits per heavy atom. The van der Waals surface area contributed by atoms with Gasteiger partial charge >= 0.3 is 0 Å². The monoisotopic (exact) mass is 222 g/mol. The first-order chi connectivity index (χ1) is 7.18. The van der Waals surface area contributed by atoms with Crippen LogP contribution in [0.3, 0.4) is 0 Å². The van der Waals surface area contributed by atoms with E-state index in [1.807, 2.05) is 6.07 Å². The molecule has 1 aromatic rings. The van der Waals surface area contributed by atoms with Crippen molar-refractivity contribution in [2.75, 3.05) is 0 Å². The number of hydrogen-bond donors (Lipinski definition) is 0. The highest BCUT2D eigenvalue weighted by atomic mass is 32.1. The predicted molar refractivity (Wildman–Crippen MR) is 64.6 cm³/mol. The van der Waals surface area contributed by atoms with Gasteiger partial charge in [0.1, 0.15) is 0 Å². The normalized spacial score (nSPS) is 19.3. The molecule has 1 fully saturated rings. The molecule has 1 heterocycles. The number of Topliss-reactive ketones (excluding diaryl/α,β-unsaturated/α-hetero) is 1. The van der Waals surface area contributed by atoms with Crippen molar-refractivity contribution in [1.82, 2.24) is 0 Å². The molecule has 0 aliphatic heterocycles. The Morgan fingerprint density at radius 1 is 1.40 bits per heavy atom. The Morgan fingerprint density at radius 3 is 2.53 bits per heavy atom. The van der Waals surface area contributed by atoms with E-state index in [0.29, 0.717) is 5.78 Å². The Kier molecular flexibility index (Phi) is 2.96. The van der Waals surface area contributed by atoms with E-state index in [1.165, 1.54) is 17.7 Å². The largest absolute Gasteiger partial charge is 0.293 e.